The van der Waals surface area contributed by atoms with Gasteiger partial charge in [-0.15, -0.1) is 0 Å². The third kappa shape index (κ3) is 42.1. The Labute approximate surface area is 345 Å². The quantitative estimate of drug-likeness (QED) is 0.0280. The average Bonchev–Trinajstić information content (AvgIpc) is 3.18. The van der Waals surface area contributed by atoms with Crippen LogP contribution in [0.4, 0.5) is 0 Å². The highest BCUT2D eigenvalue weighted by molar-refractivity contribution is 7.47. The molecule has 0 aliphatic carbocycles. The van der Waals surface area contributed by atoms with Crippen molar-refractivity contribution in [1.29, 1.82) is 0 Å². The fraction of sp³-hybridized carbons (Fsp3) is 0.872. The maximum Gasteiger partial charge on any atom is 0.472 e. The third-order valence-electron chi connectivity index (χ3n) is 10.3. The van der Waals surface area contributed by atoms with Gasteiger partial charge in [0.25, 0.3) is 0 Å². The molecule has 2 unspecified atom stereocenters. The molecule has 0 aliphatic heterocycles. The number of unbranched alkanes of at least 4 members (excludes halogenated alkanes) is 28. The number of hydrogen-bond donors (Lipinski definition) is 1. The number of carbonyl (C=O) groups excluding carboxylic acids is 2. The van der Waals surface area contributed by atoms with E-state index >= 15 is 0 Å². The van der Waals surface area contributed by atoms with Gasteiger partial charge in [0.15, 0.2) is 6.10 Å². The molecule has 0 amide bonds. The van der Waals surface area contributed by atoms with Gasteiger partial charge in [-0.25, -0.2) is 4.57 Å². The van der Waals surface area contributed by atoms with Crippen LogP contribution in [0.3, 0.4) is 0 Å². The van der Waals surface area contributed by atoms with Crippen LogP contribution < -0.4 is 0 Å². The van der Waals surface area contributed by atoms with E-state index in [1.54, 1.807) is 6.92 Å². The molecule has 0 radical (unpaired) electrons. The lowest BCUT2D eigenvalue weighted by atomic mass is 10.0. The maximum absolute atomic E-state index is 12.6. The summed E-state index contributed by atoms with van der Waals surface area (Å²) in [5, 5.41) is 0. The summed E-state index contributed by atoms with van der Waals surface area (Å²) in [5.74, 6) is -0.795. The van der Waals surface area contributed by atoms with Crippen molar-refractivity contribution < 1.29 is 37.6 Å². The third-order valence-corrected chi connectivity index (χ3v) is 11.3. The SMILES string of the molecule is CCCCCC/C=C\C/C=C\CCCCCCCCCC(=O)OC(COC(=O)CCCCCCCCCCCCCCCCCCCC)COP(=O)(O)OCC. The van der Waals surface area contributed by atoms with Crippen LogP contribution in [-0.2, 0) is 32.7 Å². The molecule has 0 saturated carbocycles. The Bertz CT molecular complexity index is 968. The fourth-order valence-corrected chi connectivity index (χ4v) is 7.53. The van der Waals surface area contributed by atoms with Crippen molar-refractivity contribution in [3.63, 3.8) is 0 Å². The van der Waals surface area contributed by atoms with E-state index in [0.29, 0.717) is 12.8 Å². The fourth-order valence-electron chi connectivity index (χ4n) is 6.78. The summed E-state index contributed by atoms with van der Waals surface area (Å²) in [5.41, 5.74) is 0. The molecule has 330 valence electrons. The average molecular weight is 813 g/mol. The number of esters is 2. The highest BCUT2D eigenvalue weighted by Gasteiger charge is 2.25. The number of rotatable bonds is 44. The Kier molecular flexibility index (Phi) is 42.0. The minimum absolute atomic E-state index is 0.000833. The smallest absolute Gasteiger partial charge is 0.462 e. The van der Waals surface area contributed by atoms with Gasteiger partial charge in [0.2, 0.25) is 0 Å². The van der Waals surface area contributed by atoms with Crippen molar-refractivity contribution in [2.75, 3.05) is 19.8 Å². The molecule has 0 spiro atoms. The van der Waals surface area contributed by atoms with Crippen LogP contribution in [0.2, 0.25) is 0 Å². The van der Waals surface area contributed by atoms with Gasteiger partial charge in [0.1, 0.15) is 6.61 Å². The standard InChI is InChI=1S/C47H89O8P/c1-4-7-9-11-13-15-17-19-21-23-25-27-29-31-33-35-37-39-41-46(48)52-43-45(44-54-56(50,51)53-6-3)55-47(49)42-40-38-36-34-32-30-28-26-24-22-20-18-16-14-12-10-8-5-2/h16,18,22,24,45H,4-15,17,19-21,23,25-44H2,1-3H3,(H,50,51)/b18-16-,24-22-. The number of phosphoric ester groups is 1. The van der Waals surface area contributed by atoms with Gasteiger partial charge in [0, 0.05) is 12.8 Å². The molecule has 56 heavy (non-hydrogen) atoms. The molecule has 0 rings (SSSR count). The van der Waals surface area contributed by atoms with Crippen molar-refractivity contribution >= 4 is 19.8 Å². The van der Waals surface area contributed by atoms with E-state index in [1.165, 1.54) is 148 Å². The molecule has 1 N–H and O–H groups in total. The Hall–Kier alpha value is -1.47. The van der Waals surface area contributed by atoms with Crippen molar-refractivity contribution in [2.24, 2.45) is 0 Å². The summed E-state index contributed by atoms with van der Waals surface area (Å²) in [4.78, 5) is 34.8. The molecule has 8 nitrogen and oxygen atoms in total. The van der Waals surface area contributed by atoms with Gasteiger partial charge in [-0.1, -0.05) is 199 Å². The molecule has 0 aromatic rings. The topological polar surface area (TPSA) is 108 Å². The van der Waals surface area contributed by atoms with Crippen LogP contribution in [0.15, 0.2) is 24.3 Å². The van der Waals surface area contributed by atoms with Crippen LogP contribution in [0.1, 0.15) is 239 Å². The number of ether oxygens (including phenoxy) is 2. The molecule has 0 aliphatic rings. The molecule has 0 aromatic heterocycles. The van der Waals surface area contributed by atoms with Gasteiger partial charge in [-0.05, 0) is 51.9 Å². The molecule has 9 heteroatoms. The van der Waals surface area contributed by atoms with Crippen molar-refractivity contribution in [2.45, 2.75) is 245 Å². The second-order valence-electron chi connectivity index (χ2n) is 15.8. The molecule has 2 atom stereocenters. The second-order valence-corrected chi connectivity index (χ2v) is 17.2. The molecule has 0 saturated heterocycles. The number of allylic oxidation sites excluding steroid dienone is 4. The molecule has 0 heterocycles. The zero-order valence-corrected chi connectivity index (χ0v) is 37.7. The van der Waals surface area contributed by atoms with Gasteiger partial charge in [-0.2, -0.15) is 0 Å². The largest absolute Gasteiger partial charge is 0.472 e. The maximum atomic E-state index is 12.6. The first kappa shape index (κ1) is 54.5. The monoisotopic (exact) mass is 813 g/mol. The first-order valence-electron chi connectivity index (χ1n) is 23.6. The predicted molar refractivity (Wildman–Crippen MR) is 235 cm³/mol. The zero-order valence-electron chi connectivity index (χ0n) is 36.8. The van der Waals surface area contributed by atoms with Gasteiger partial charge in [0.05, 0.1) is 13.2 Å². The van der Waals surface area contributed by atoms with E-state index in [1.807, 2.05) is 0 Å². The summed E-state index contributed by atoms with van der Waals surface area (Å²) < 4.78 is 32.7. The summed E-state index contributed by atoms with van der Waals surface area (Å²) in [6, 6.07) is 0. The number of carbonyl (C=O) groups is 2. The predicted octanol–water partition coefficient (Wildman–Crippen LogP) is 15.0. The van der Waals surface area contributed by atoms with Gasteiger partial charge >= 0.3 is 19.8 Å². The van der Waals surface area contributed by atoms with Crippen LogP contribution >= 0.6 is 7.82 Å². The number of phosphoric acid groups is 1. The Morgan fingerprint density at radius 3 is 1.29 bits per heavy atom. The van der Waals surface area contributed by atoms with Crippen molar-refractivity contribution in [3.8, 4) is 0 Å². The second kappa shape index (κ2) is 43.1. The summed E-state index contributed by atoms with van der Waals surface area (Å²) in [6.45, 7) is 5.49. The molecular formula is C47H89O8P. The minimum Gasteiger partial charge on any atom is -0.462 e. The van der Waals surface area contributed by atoms with E-state index in [2.05, 4.69) is 38.2 Å². The highest BCUT2D eigenvalue weighted by Crippen LogP contribution is 2.43. The lowest BCUT2D eigenvalue weighted by molar-refractivity contribution is -0.161. The molecule has 0 bridgehead atoms. The minimum atomic E-state index is -4.28. The van der Waals surface area contributed by atoms with Crippen LogP contribution in [-0.4, -0.2) is 42.8 Å². The van der Waals surface area contributed by atoms with Crippen LogP contribution in [0.25, 0.3) is 0 Å². The van der Waals surface area contributed by atoms with Crippen molar-refractivity contribution in [3.05, 3.63) is 24.3 Å². The van der Waals surface area contributed by atoms with Crippen LogP contribution in [0, 0.1) is 0 Å². The van der Waals surface area contributed by atoms with Crippen molar-refractivity contribution in [1.82, 2.24) is 0 Å². The Morgan fingerprint density at radius 1 is 0.482 bits per heavy atom. The van der Waals surface area contributed by atoms with E-state index in [9.17, 15) is 19.0 Å². The molecule has 0 aromatic carbocycles. The normalized spacial score (nSPS) is 13.4. The Morgan fingerprint density at radius 2 is 0.857 bits per heavy atom. The lowest BCUT2D eigenvalue weighted by Crippen LogP contribution is -2.29. The Balaban J connectivity index is 4.02. The zero-order chi connectivity index (χ0) is 41.1. The summed E-state index contributed by atoms with van der Waals surface area (Å²) in [7, 11) is -4.28. The van der Waals surface area contributed by atoms with E-state index < -0.39 is 26.5 Å². The van der Waals surface area contributed by atoms with Gasteiger partial charge in [-0.3, -0.25) is 18.6 Å². The molecular weight excluding hydrogens is 723 g/mol. The molecule has 0 fully saturated rings. The van der Waals surface area contributed by atoms with Gasteiger partial charge < -0.3 is 14.4 Å². The van der Waals surface area contributed by atoms with E-state index in [-0.39, 0.29) is 25.6 Å². The van der Waals surface area contributed by atoms with Crippen LogP contribution in [0.5, 0.6) is 0 Å². The summed E-state index contributed by atoms with van der Waals surface area (Å²) in [6.07, 6.45) is 48.0. The lowest BCUT2D eigenvalue weighted by Gasteiger charge is -2.19. The summed E-state index contributed by atoms with van der Waals surface area (Å²) >= 11 is 0. The number of hydrogen-bond acceptors (Lipinski definition) is 7. The first-order chi connectivity index (χ1) is 27.3. The highest BCUT2D eigenvalue weighted by atomic mass is 31.2. The van der Waals surface area contributed by atoms with E-state index in [0.717, 1.165) is 51.4 Å². The van der Waals surface area contributed by atoms with E-state index in [4.69, 9.17) is 18.5 Å². The first-order valence-corrected chi connectivity index (χ1v) is 25.1.